The summed E-state index contributed by atoms with van der Waals surface area (Å²) in [5.41, 5.74) is 5.40. The molecule has 0 bridgehead atoms. The van der Waals surface area contributed by atoms with Crippen molar-refractivity contribution in [3.8, 4) is 0 Å². The van der Waals surface area contributed by atoms with Crippen molar-refractivity contribution in [1.29, 1.82) is 0 Å². The molecule has 4 nitrogen and oxygen atoms in total. The van der Waals surface area contributed by atoms with Crippen molar-refractivity contribution in [2.24, 2.45) is 5.73 Å². The van der Waals surface area contributed by atoms with E-state index in [2.05, 4.69) is 4.90 Å². The molecule has 0 aliphatic carbocycles. The summed E-state index contributed by atoms with van der Waals surface area (Å²) in [6.45, 7) is 5.79. The van der Waals surface area contributed by atoms with Gasteiger partial charge in [-0.1, -0.05) is 6.42 Å². The Balaban J connectivity index is 3.69. The molecule has 0 aromatic heterocycles. The predicted molar refractivity (Wildman–Crippen MR) is 69.3 cm³/mol. The second-order valence-corrected chi connectivity index (χ2v) is 7.25. The average Bonchev–Trinajstić information content (AvgIpc) is 2.21. The standard InChI is InChI=1S/C11H26N2O2S/c1-11(2)16(14,15)10-9-13(3)8-6-4-5-7-12/h11H,4-10,12H2,1-3H3. The number of nitrogens with zero attached hydrogens (tertiary/aromatic N) is 1. The predicted octanol–water partition coefficient (Wildman–Crippen LogP) is 0.870. The van der Waals surface area contributed by atoms with Gasteiger partial charge in [0, 0.05) is 6.54 Å². The maximum absolute atomic E-state index is 11.6. The summed E-state index contributed by atoms with van der Waals surface area (Å²) in [5.74, 6) is 0.262. The number of rotatable bonds is 9. The first-order valence-electron chi connectivity index (χ1n) is 6.00. The van der Waals surface area contributed by atoms with E-state index in [1.807, 2.05) is 7.05 Å². The lowest BCUT2D eigenvalue weighted by molar-refractivity contribution is 0.342. The zero-order valence-corrected chi connectivity index (χ0v) is 11.6. The molecule has 5 heteroatoms. The van der Waals surface area contributed by atoms with Crippen molar-refractivity contribution in [1.82, 2.24) is 4.90 Å². The SMILES string of the molecule is CC(C)S(=O)(=O)CCN(C)CCCCCN. The second kappa shape index (κ2) is 8.03. The van der Waals surface area contributed by atoms with Crippen molar-refractivity contribution in [2.75, 3.05) is 32.4 Å². The largest absolute Gasteiger partial charge is 0.330 e. The first-order chi connectivity index (χ1) is 7.40. The molecule has 0 fully saturated rings. The second-order valence-electron chi connectivity index (χ2n) is 4.57. The van der Waals surface area contributed by atoms with Gasteiger partial charge in [0.25, 0.3) is 0 Å². The van der Waals surface area contributed by atoms with Gasteiger partial charge in [-0.3, -0.25) is 0 Å². The Kier molecular flexibility index (Phi) is 7.97. The molecular weight excluding hydrogens is 224 g/mol. The molecule has 0 saturated heterocycles. The first kappa shape index (κ1) is 15.9. The van der Waals surface area contributed by atoms with Gasteiger partial charge < -0.3 is 10.6 Å². The number of hydrogen-bond acceptors (Lipinski definition) is 4. The van der Waals surface area contributed by atoms with Crippen LogP contribution in [0.3, 0.4) is 0 Å². The van der Waals surface area contributed by atoms with E-state index < -0.39 is 9.84 Å². The van der Waals surface area contributed by atoms with E-state index in [-0.39, 0.29) is 11.0 Å². The minimum absolute atomic E-state index is 0.262. The molecule has 0 aliphatic heterocycles. The summed E-state index contributed by atoms with van der Waals surface area (Å²) >= 11 is 0. The maximum Gasteiger partial charge on any atom is 0.153 e. The van der Waals surface area contributed by atoms with E-state index >= 15 is 0 Å². The monoisotopic (exact) mass is 250 g/mol. The van der Waals surface area contributed by atoms with Crippen molar-refractivity contribution in [3.63, 3.8) is 0 Å². The summed E-state index contributed by atoms with van der Waals surface area (Å²) in [7, 11) is -0.920. The molecule has 0 unspecified atom stereocenters. The quantitative estimate of drug-likeness (QED) is 0.617. The topological polar surface area (TPSA) is 63.4 Å². The smallest absolute Gasteiger partial charge is 0.153 e. The van der Waals surface area contributed by atoms with Gasteiger partial charge in [0.2, 0.25) is 0 Å². The Morgan fingerprint density at radius 2 is 1.75 bits per heavy atom. The molecule has 0 aromatic carbocycles. The van der Waals surface area contributed by atoms with Gasteiger partial charge in [0.15, 0.2) is 9.84 Å². The van der Waals surface area contributed by atoms with Gasteiger partial charge in [-0.25, -0.2) is 8.42 Å². The van der Waals surface area contributed by atoms with Crippen molar-refractivity contribution in [3.05, 3.63) is 0 Å². The Hall–Kier alpha value is -0.130. The van der Waals surface area contributed by atoms with Crippen molar-refractivity contribution >= 4 is 9.84 Å². The van der Waals surface area contributed by atoms with Crippen LogP contribution < -0.4 is 5.73 Å². The van der Waals surface area contributed by atoms with Crippen LogP contribution in [0.15, 0.2) is 0 Å². The van der Waals surface area contributed by atoms with Crippen molar-refractivity contribution in [2.45, 2.75) is 38.4 Å². The van der Waals surface area contributed by atoms with Gasteiger partial charge in [0.05, 0.1) is 11.0 Å². The van der Waals surface area contributed by atoms with Crippen LogP contribution in [0.4, 0.5) is 0 Å². The van der Waals surface area contributed by atoms with Gasteiger partial charge >= 0.3 is 0 Å². The fourth-order valence-electron chi connectivity index (χ4n) is 1.33. The summed E-state index contributed by atoms with van der Waals surface area (Å²) in [4.78, 5) is 2.08. The number of unbranched alkanes of at least 4 members (excludes halogenated alkanes) is 2. The lowest BCUT2D eigenvalue weighted by Crippen LogP contribution is -2.29. The van der Waals surface area contributed by atoms with Crippen LogP contribution in [0.25, 0.3) is 0 Å². The molecule has 0 spiro atoms. The Bertz CT molecular complexity index is 263. The van der Waals surface area contributed by atoms with Gasteiger partial charge in [-0.2, -0.15) is 0 Å². The molecule has 0 aliphatic rings. The van der Waals surface area contributed by atoms with E-state index in [1.54, 1.807) is 13.8 Å². The molecule has 16 heavy (non-hydrogen) atoms. The number of sulfone groups is 1. The maximum atomic E-state index is 11.6. The summed E-state index contributed by atoms with van der Waals surface area (Å²) in [6.07, 6.45) is 3.27. The normalized spacial score (nSPS) is 12.6. The molecule has 0 radical (unpaired) electrons. The highest BCUT2D eigenvalue weighted by molar-refractivity contribution is 7.92. The highest BCUT2D eigenvalue weighted by atomic mass is 32.2. The Morgan fingerprint density at radius 1 is 1.12 bits per heavy atom. The molecule has 0 heterocycles. The first-order valence-corrected chi connectivity index (χ1v) is 7.72. The van der Waals surface area contributed by atoms with E-state index in [0.29, 0.717) is 6.54 Å². The Morgan fingerprint density at radius 3 is 2.25 bits per heavy atom. The zero-order chi connectivity index (χ0) is 12.6. The van der Waals surface area contributed by atoms with Crippen molar-refractivity contribution < 1.29 is 8.42 Å². The lowest BCUT2D eigenvalue weighted by atomic mass is 10.2. The summed E-state index contributed by atoms with van der Waals surface area (Å²) in [6, 6.07) is 0. The fraction of sp³-hybridized carbons (Fsp3) is 1.00. The average molecular weight is 250 g/mol. The van der Waals surface area contributed by atoms with Crippen LogP contribution in [0.2, 0.25) is 0 Å². The van der Waals surface area contributed by atoms with Gasteiger partial charge in [-0.05, 0) is 46.8 Å². The molecule has 0 saturated carbocycles. The Labute approximate surface area is 100 Å². The number of nitrogens with two attached hydrogens (primary N) is 1. The van der Waals surface area contributed by atoms with Crippen LogP contribution in [-0.2, 0) is 9.84 Å². The molecular formula is C11H26N2O2S. The third kappa shape index (κ3) is 7.19. The lowest BCUT2D eigenvalue weighted by Gasteiger charge is -2.17. The highest BCUT2D eigenvalue weighted by Gasteiger charge is 2.16. The highest BCUT2D eigenvalue weighted by Crippen LogP contribution is 2.02. The van der Waals surface area contributed by atoms with E-state index in [4.69, 9.17) is 5.73 Å². The molecule has 0 amide bonds. The van der Waals surface area contributed by atoms with Crippen LogP contribution in [0, 0.1) is 0 Å². The third-order valence-corrected chi connectivity index (χ3v) is 4.91. The van der Waals surface area contributed by atoms with E-state index in [0.717, 1.165) is 32.4 Å². The number of hydrogen-bond donors (Lipinski definition) is 1. The molecule has 0 rings (SSSR count). The molecule has 0 atom stereocenters. The van der Waals surface area contributed by atoms with Crippen LogP contribution in [0.1, 0.15) is 33.1 Å². The van der Waals surface area contributed by atoms with Gasteiger partial charge in [0.1, 0.15) is 0 Å². The summed E-state index contributed by atoms with van der Waals surface area (Å²) < 4.78 is 23.1. The molecule has 0 aromatic rings. The van der Waals surface area contributed by atoms with Crippen LogP contribution in [0.5, 0.6) is 0 Å². The van der Waals surface area contributed by atoms with Gasteiger partial charge in [-0.15, -0.1) is 0 Å². The van der Waals surface area contributed by atoms with E-state index in [1.165, 1.54) is 0 Å². The minimum atomic E-state index is -2.89. The summed E-state index contributed by atoms with van der Waals surface area (Å²) in [5, 5.41) is -0.266. The zero-order valence-electron chi connectivity index (χ0n) is 10.8. The third-order valence-electron chi connectivity index (χ3n) is 2.72. The fourth-order valence-corrected chi connectivity index (χ4v) is 2.37. The van der Waals surface area contributed by atoms with E-state index in [9.17, 15) is 8.42 Å². The molecule has 98 valence electrons. The van der Waals surface area contributed by atoms with Crippen LogP contribution >= 0.6 is 0 Å². The molecule has 2 N–H and O–H groups in total. The minimum Gasteiger partial charge on any atom is -0.330 e. The van der Waals surface area contributed by atoms with Crippen LogP contribution in [-0.4, -0.2) is 51.0 Å².